The number of carbonyl (C=O) groups is 2. The normalized spacial score (nSPS) is 10.5. The number of rotatable bonds is 4. The molecule has 1 aromatic heterocycles. The minimum absolute atomic E-state index is 0.239. The molecular weight excluding hydrogens is 317 g/mol. The zero-order chi connectivity index (χ0) is 17.1. The number of anilines is 1. The Balaban J connectivity index is 2.36. The highest BCUT2D eigenvalue weighted by molar-refractivity contribution is 7.16. The van der Waals surface area contributed by atoms with Crippen molar-refractivity contribution in [1.82, 2.24) is 0 Å². The Morgan fingerprint density at radius 2 is 1.96 bits per heavy atom. The van der Waals surface area contributed by atoms with Gasteiger partial charge in [-0.2, -0.15) is 0 Å². The molecule has 2 rings (SSSR count). The van der Waals surface area contributed by atoms with Crippen molar-refractivity contribution in [2.75, 3.05) is 11.9 Å². The molecule has 0 bridgehead atoms. The number of amides is 1. The monoisotopic (exact) mass is 335 g/mol. The van der Waals surface area contributed by atoms with Gasteiger partial charge in [0, 0.05) is 10.4 Å². The van der Waals surface area contributed by atoms with Crippen molar-refractivity contribution in [3.8, 4) is 0 Å². The number of hydrogen-bond acceptors (Lipinski definition) is 4. The Hall–Kier alpha value is -2.21. The molecule has 0 atom stereocenters. The Bertz CT molecular complexity index is 767. The average molecular weight is 335 g/mol. The average Bonchev–Trinajstić information content (AvgIpc) is 2.76. The van der Waals surface area contributed by atoms with Gasteiger partial charge in [0.15, 0.2) is 0 Å². The highest BCUT2D eigenvalue weighted by Crippen LogP contribution is 2.33. The lowest BCUT2D eigenvalue weighted by atomic mass is 10.1. The maximum Gasteiger partial charge on any atom is 0.341 e. The zero-order valence-electron chi connectivity index (χ0n) is 13.5. The maximum absolute atomic E-state index is 13.4. The van der Waals surface area contributed by atoms with Crippen molar-refractivity contribution in [3.05, 3.63) is 51.1 Å². The lowest BCUT2D eigenvalue weighted by Gasteiger charge is -2.09. The van der Waals surface area contributed by atoms with E-state index in [9.17, 15) is 14.0 Å². The second kappa shape index (κ2) is 6.91. The molecule has 6 heteroatoms. The molecule has 4 nitrogen and oxygen atoms in total. The fourth-order valence-corrected chi connectivity index (χ4v) is 3.22. The van der Waals surface area contributed by atoms with Crippen LogP contribution in [0.25, 0.3) is 0 Å². The van der Waals surface area contributed by atoms with Crippen LogP contribution in [0.2, 0.25) is 0 Å². The van der Waals surface area contributed by atoms with Gasteiger partial charge in [-0.15, -0.1) is 11.3 Å². The molecule has 0 radical (unpaired) electrons. The fourth-order valence-electron chi connectivity index (χ4n) is 2.17. The molecule has 1 amide bonds. The molecule has 2 aromatic rings. The molecule has 0 unspecified atom stereocenters. The topological polar surface area (TPSA) is 55.4 Å². The van der Waals surface area contributed by atoms with Crippen LogP contribution in [0.1, 0.15) is 43.6 Å². The molecule has 0 fully saturated rings. The molecule has 1 aromatic carbocycles. The predicted molar refractivity (Wildman–Crippen MR) is 88.8 cm³/mol. The van der Waals surface area contributed by atoms with E-state index < -0.39 is 17.7 Å². The number of benzene rings is 1. The zero-order valence-corrected chi connectivity index (χ0v) is 14.3. The lowest BCUT2D eigenvalue weighted by Crippen LogP contribution is -2.16. The van der Waals surface area contributed by atoms with Crippen LogP contribution in [0.3, 0.4) is 0 Å². The van der Waals surface area contributed by atoms with Gasteiger partial charge in [-0.3, -0.25) is 4.79 Å². The maximum atomic E-state index is 13.4. The Labute approximate surface area is 138 Å². The van der Waals surface area contributed by atoms with Gasteiger partial charge in [0.2, 0.25) is 0 Å². The summed E-state index contributed by atoms with van der Waals surface area (Å²) < 4.78 is 18.4. The van der Waals surface area contributed by atoms with Gasteiger partial charge in [0.1, 0.15) is 10.8 Å². The first-order valence-electron chi connectivity index (χ1n) is 7.19. The number of halogens is 1. The summed E-state index contributed by atoms with van der Waals surface area (Å²) in [5.74, 6) is -1.40. The van der Waals surface area contributed by atoms with Gasteiger partial charge >= 0.3 is 5.97 Å². The smallest absolute Gasteiger partial charge is 0.341 e. The van der Waals surface area contributed by atoms with E-state index in [1.807, 2.05) is 6.92 Å². The summed E-state index contributed by atoms with van der Waals surface area (Å²) in [6.45, 7) is 7.38. The summed E-state index contributed by atoms with van der Waals surface area (Å²) in [5, 5.41) is 3.13. The summed E-state index contributed by atoms with van der Waals surface area (Å²) in [6, 6.07) is 4.03. The van der Waals surface area contributed by atoms with Gasteiger partial charge in [-0.05, 0) is 51.0 Å². The quantitative estimate of drug-likeness (QED) is 0.850. The first-order chi connectivity index (χ1) is 10.8. The molecule has 1 heterocycles. The molecular formula is C17H18FNO3S. The minimum atomic E-state index is -0.482. The molecule has 0 saturated carbocycles. The van der Waals surface area contributed by atoms with Crippen LogP contribution < -0.4 is 5.32 Å². The van der Waals surface area contributed by atoms with Gasteiger partial charge in [0.05, 0.1) is 12.2 Å². The molecule has 0 saturated heterocycles. The van der Waals surface area contributed by atoms with Crippen molar-refractivity contribution in [1.29, 1.82) is 0 Å². The Kier molecular flexibility index (Phi) is 5.15. The van der Waals surface area contributed by atoms with E-state index in [4.69, 9.17) is 4.74 Å². The molecule has 23 heavy (non-hydrogen) atoms. The van der Waals surface area contributed by atoms with E-state index in [0.717, 1.165) is 10.4 Å². The van der Waals surface area contributed by atoms with Crippen LogP contribution in [-0.2, 0) is 4.74 Å². The Morgan fingerprint density at radius 3 is 2.61 bits per heavy atom. The Morgan fingerprint density at radius 1 is 1.26 bits per heavy atom. The van der Waals surface area contributed by atoms with Gasteiger partial charge in [-0.25, -0.2) is 9.18 Å². The van der Waals surface area contributed by atoms with E-state index in [2.05, 4.69) is 5.32 Å². The van der Waals surface area contributed by atoms with Crippen LogP contribution in [-0.4, -0.2) is 18.5 Å². The van der Waals surface area contributed by atoms with E-state index in [0.29, 0.717) is 16.1 Å². The fraction of sp³-hybridized carbons (Fsp3) is 0.294. The van der Waals surface area contributed by atoms with E-state index in [1.165, 1.54) is 23.5 Å². The highest BCUT2D eigenvalue weighted by atomic mass is 32.1. The number of ether oxygens (including phenoxy) is 1. The number of thiophene rings is 1. The molecule has 0 aliphatic heterocycles. The third-order valence-electron chi connectivity index (χ3n) is 3.54. The summed E-state index contributed by atoms with van der Waals surface area (Å²) >= 11 is 1.30. The molecule has 122 valence electrons. The van der Waals surface area contributed by atoms with Gasteiger partial charge < -0.3 is 10.1 Å². The molecule has 0 aliphatic rings. The van der Waals surface area contributed by atoms with Crippen LogP contribution in [0, 0.1) is 26.6 Å². The lowest BCUT2D eigenvalue weighted by molar-refractivity contribution is 0.0527. The number of esters is 1. The van der Waals surface area contributed by atoms with Crippen molar-refractivity contribution >= 4 is 28.2 Å². The van der Waals surface area contributed by atoms with E-state index in [1.54, 1.807) is 26.8 Å². The summed E-state index contributed by atoms with van der Waals surface area (Å²) in [4.78, 5) is 25.4. The highest BCUT2D eigenvalue weighted by Gasteiger charge is 2.23. The van der Waals surface area contributed by atoms with E-state index >= 15 is 0 Å². The van der Waals surface area contributed by atoms with Crippen LogP contribution in [0.5, 0.6) is 0 Å². The van der Waals surface area contributed by atoms with Crippen molar-refractivity contribution in [3.63, 3.8) is 0 Å². The second-order valence-electron chi connectivity index (χ2n) is 5.12. The summed E-state index contributed by atoms with van der Waals surface area (Å²) in [7, 11) is 0. The second-order valence-corrected chi connectivity index (χ2v) is 6.35. The molecule has 1 N–H and O–H groups in total. The van der Waals surface area contributed by atoms with Crippen molar-refractivity contribution in [2.45, 2.75) is 27.7 Å². The van der Waals surface area contributed by atoms with Gasteiger partial charge in [0.25, 0.3) is 5.91 Å². The van der Waals surface area contributed by atoms with Crippen LogP contribution in [0.15, 0.2) is 18.2 Å². The first-order valence-corrected chi connectivity index (χ1v) is 8.01. The molecule has 0 aliphatic carbocycles. The van der Waals surface area contributed by atoms with Crippen molar-refractivity contribution in [2.24, 2.45) is 0 Å². The van der Waals surface area contributed by atoms with E-state index in [-0.39, 0.29) is 12.2 Å². The summed E-state index contributed by atoms with van der Waals surface area (Å²) in [6.07, 6.45) is 0. The predicted octanol–water partition coefficient (Wildman–Crippen LogP) is 4.24. The number of aryl methyl sites for hydroxylation is 2. The van der Waals surface area contributed by atoms with Crippen LogP contribution >= 0.6 is 11.3 Å². The SMILES string of the molecule is CCOC(=O)c1c(NC(=O)c2cc(F)ccc2C)sc(C)c1C. The minimum Gasteiger partial charge on any atom is -0.462 e. The summed E-state index contributed by atoms with van der Waals surface area (Å²) in [5.41, 5.74) is 2.03. The number of nitrogens with one attached hydrogen (secondary N) is 1. The number of hydrogen-bond donors (Lipinski definition) is 1. The first kappa shape index (κ1) is 17.1. The third-order valence-corrected chi connectivity index (χ3v) is 4.66. The number of carbonyl (C=O) groups excluding carboxylic acids is 2. The largest absolute Gasteiger partial charge is 0.462 e. The van der Waals surface area contributed by atoms with Gasteiger partial charge in [-0.1, -0.05) is 6.07 Å². The van der Waals surface area contributed by atoms with Crippen LogP contribution in [0.4, 0.5) is 9.39 Å². The third kappa shape index (κ3) is 3.59. The standard InChI is InChI=1S/C17H18FNO3S/c1-5-22-17(21)14-10(3)11(4)23-16(14)19-15(20)13-8-12(18)7-6-9(13)2/h6-8H,5H2,1-4H3,(H,19,20). The molecule has 0 spiro atoms. The van der Waals surface area contributed by atoms with Crippen molar-refractivity contribution < 1.29 is 18.7 Å².